The Morgan fingerprint density at radius 2 is 1.96 bits per heavy atom. The lowest BCUT2D eigenvalue weighted by Crippen LogP contribution is -2.50. The lowest BCUT2D eigenvalue weighted by Gasteiger charge is -2.41. The molecule has 0 aliphatic carbocycles. The van der Waals surface area contributed by atoms with Crippen LogP contribution in [0.15, 0.2) is 47.8 Å². The van der Waals surface area contributed by atoms with Crippen molar-refractivity contribution in [2.24, 2.45) is 0 Å². The van der Waals surface area contributed by atoms with Crippen LogP contribution >= 0.6 is 11.3 Å². The van der Waals surface area contributed by atoms with Crippen LogP contribution in [0.5, 0.6) is 0 Å². The first kappa shape index (κ1) is 18.6. The summed E-state index contributed by atoms with van der Waals surface area (Å²) in [7, 11) is 2.09. The molecule has 1 N–H and O–H groups in total. The summed E-state index contributed by atoms with van der Waals surface area (Å²) >= 11 is 1.57. The third-order valence-electron chi connectivity index (χ3n) is 4.73. The SMILES string of the molecule is CC(=O)N[C@@H](CC(=O)N1CCN(C)C[C@@H]1c1ccccc1)c1cccs1. The molecule has 0 radical (unpaired) electrons. The molecule has 138 valence electrons. The number of benzene rings is 1. The molecule has 3 rings (SSSR count). The van der Waals surface area contributed by atoms with E-state index in [9.17, 15) is 9.59 Å². The highest BCUT2D eigenvalue weighted by molar-refractivity contribution is 7.10. The summed E-state index contributed by atoms with van der Waals surface area (Å²) in [6.45, 7) is 3.87. The van der Waals surface area contributed by atoms with Gasteiger partial charge >= 0.3 is 0 Å². The standard InChI is InChI=1S/C20H25N3O2S/c1-15(24)21-17(19-9-6-12-26-19)13-20(25)23-11-10-22(2)14-18(23)16-7-4-3-5-8-16/h3-9,12,17-18H,10-11,13-14H2,1-2H3,(H,21,24)/t17-,18+/m0/s1. The van der Waals surface area contributed by atoms with Gasteiger partial charge in [0.15, 0.2) is 0 Å². The quantitative estimate of drug-likeness (QED) is 0.879. The van der Waals surface area contributed by atoms with Gasteiger partial charge in [-0.15, -0.1) is 11.3 Å². The zero-order valence-corrected chi connectivity index (χ0v) is 16.0. The second-order valence-electron chi connectivity index (χ2n) is 6.75. The predicted octanol–water partition coefficient (Wildman–Crippen LogP) is 2.83. The van der Waals surface area contributed by atoms with Gasteiger partial charge in [0.1, 0.15) is 0 Å². The maximum Gasteiger partial charge on any atom is 0.225 e. The van der Waals surface area contributed by atoms with E-state index in [1.807, 2.05) is 40.6 Å². The Morgan fingerprint density at radius 3 is 2.62 bits per heavy atom. The maximum absolute atomic E-state index is 13.1. The van der Waals surface area contributed by atoms with Gasteiger partial charge in [-0.2, -0.15) is 0 Å². The molecule has 6 heteroatoms. The summed E-state index contributed by atoms with van der Waals surface area (Å²) in [5, 5.41) is 4.90. The van der Waals surface area contributed by atoms with Crippen molar-refractivity contribution in [1.29, 1.82) is 0 Å². The molecule has 0 saturated carbocycles. The van der Waals surface area contributed by atoms with E-state index in [0.717, 1.165) is 23.5 Å². The van der Waals surface area contributed by atoms with Crippen LogP contribution in [0.2, 0.25) is 0 Å². The summed E-state index contributed by atoms with van der Waals surface area (Å²) in [6.07, 6.45) is 0.285. The smallest absolute Gasteiger partial charge is 0.225 e. The molecule has 2 amide bonds. The van der Waals surface area contributed by atoms with Crippen molar-refractivity contribution in [2.45, 2.75) is 25.4 Å². The molecule has 2 heterocycles. The molecule has 1 aromatic carbocycles. The summed E-state index contributed by atoms with van der Waals surface area (Å²) in [5.41, 5.74) is 1.15. The average Bonchev–Trinajstić information content (AvgIpc) is 3.16. The number of nitrogens with one attached hydrogen (secondary N) is 1. The van der Waals surface area contributed by atoms with E-state index in [0.29, 0.717) is 6.54 Å². The Hall–Kier alpha value is -2.18. The van der Waals surface area contributed by atoms with Crippen LogP contribution in [-0.4, -0.2) is 48.3 Å². The van der Waals surface area contributed by atoms with Gasteiger partial charge in [-0.25, -0.2) is 0 Å². The largest absolute Gasteiger partial charge is 0.348 e. The van der Waals surface area contributed by atoms with Gasteiger partial charge in [0.2, 0.25) is 11.8 Å². The van der Waals surface area contributed by atoms with Crippen LogP contribution in [0.3, 0.4) is 0 Å². The Kier molecular flexibility index (Phi) is 6.06. The van der Waals surface area contributed by atoms with Gasteiger partial charge in [-0.05, 0) is 24.1 Å². The Bertz CT molecular complexity index is 733. The zero-order valence-electron chi connectivity index (χ0n) is 15.2. The van der Waals surface area contributed by atoms with Crippen molar-refractivity contribution < 1.29 is 9.59 Å². The molecule has 0 spiro atoms. The molecule has 1 saturated heterocycles. The van der Waals surface area contributed by atoms with Crippen molar-refractivity contribution in [3.63, 3.8) is 0 Å². The fourth-order valence-corrected chi connectivity index (χ4v) is 4.21. The molecular weight excluding hydrogens is 346 g/mol. The fourth-order valence-electron chi connectivity index (χ4n) is 3.43. The Labute approximate surface area is 158 Å². The number of carbonyl (C=O) groups is 2. The first-order valence-electron chi connectivity index (χ1n) is 8.88. The molecule has 1 aromatic heterocycles. The molecule has 0 bridgehead atoms. The number of hydrogen-bond acceptors (Lipinski definition) is 4. The van der Waals surface area contributed by atoms with Crippen LogP contribution in [0.4, 0.5) is 0 Å². The lowest BCUT2D eigenvalue weighted by molar-refractivity contribution is -0.136. The maximum atomic E-state index is 13.1. The number of amides is 2. The van der Waals surface area contributed by atoms with Gasteiger partial charge in [0.05, 0.1) is 18.5 Å². The zero-order chi connectivity index (χ0) is 18.5. The second-order valence-corrected chi connectivity index (χ2v) is 7.73. The van der Waals surface area contributed by atoms with Crippen molar-refractivity contribution in [3.05, 3.63) is 58.3 Å². The van der Waals surface area contributed by atoms with Crippen LogP contribution in [0.25, 0.3) is 0 Å². The van der Waals surface area contributed by atoms with Crippen LogP contribution < -0.4 is 5.32 Å². The van der Waals surface area contributed by atoms with Crippen molar-refractivity contribution in [1.82, 2.24) is 15.1 Å². The number of carbonyl (C=O) groups excluding carboxylic acids is 2. The number of nitrogens with zero attached hydrogens (tertiary/aromatic N) is 2. The Morgan fingerprint density at radius 1 is 1.19 bits per heavy atom. The summed E-state index contributed by atoms with van der Waals surface area (Å²) in [5.74, 6) is -0.0340. The summed E-state index contributed by atoms with van der Waals surface area (Å²) in [4.78, 5) is 30.0. The number of thiophene rings is 1. The fraction of sp³-hybridized carbons (Fsp3) is 0.400. The highest BCUT2D eigenvalue weighted by atomic mass is 32.1. The molecule has 1 fully saturated rings. The molecule has 0 unspecified atom stereocenters. The molecule has 1 aliphatic rings. The summed E-state index contributed by atoms with van der Waals surface area (Å²) in [6, 6.07) is 13.9. The average molecular weight is 372 g/mol. The van der Waals surface area contributed by atoms with Crippen molar-refractivity contribution >= 4 is 23.2 Å². The van der Waals surface area contributed by atoms with E-state index in [1.165, 1.54) is 6.92 Å². The van der Waals surface area contributed by atoms with Crippen LogP contribution in [0, 0.1) is 0 Å². The van der Waals surface area contributed by atoms with E-state index >= 15 is 0 Å². The monoisotopic (exact) mass is 371 g/mol. The van der Waals surface area contributed by atoms with Gasteiger partial charge in [-0.3, -0.25) is 9.59 Å². The number of piperazine rings is 1. The lowest BCUT2D eigenvalue weighted by atomic mass is 10.0. The van der Waals surface area contributed by atoms with Crippen molar-refractivity contribution in [2.75, 3.05) is 26.7 Å². The van der Waals surface area contributed by atoms with E-state index < -0.39 is 0 Å². The highest BCUT2D eigenvalue weighted by Crippen LogP contribution is 2.28. The molecule has 5 nitrogen and oxygen atoms in total. The van der Waals surface area contributed by atoms with Gasteiger partial charge in [0, 0.05) is 31.4 Å². The minimum Gasteiger partial charge on any atom is -0.348 e. The summed E-state index contributed by atoms with van der Waals surface area (Å²) < 4.78 is 0. The van der Waals surface area contributed by atoms with E-state index in [1.54, 1.807) is 11.3 Å². The molecule has 2 atom stereocenters. The molecular formula is C20H25N3O2S. The molecule has 26 heavy (non-hydrogen) atoms. The topological polar surface area (TPSA) is 52.7 Å². The minimum atomic E-state index is -0.268. The first-order valence-corrected chi connectivity index (χ1v) is 9.76. The second kappa shape index (κ2) is 8.47. The normalized spacial score (nSPS) is 19.2. The van der Waals surface area contributed by atoms with E-state index in [-0.39, 0.29) is 30.3 Å². The third kappa shape index (κ3) is 4.51. The van der Waals surface area contributed by atoms with Gasteiger partial charge < -0.3 is 15.1 Å². The predicted molar refractivity (Wildman–Crippen MR) is 104 cm³/mol. The van der Waals surface area contributed by atoms with Crippen molar-refractivity contribution in [3.8, 4) is 0 Å². The number of rotatable bonds is 5. The molecule has 1 aliphatic heterocycles. The van der Waals surface area contributed by atoms with Crippen LogP contribution in [0.1, 0.15) is 35.9 Å². The van der Waals surface area contributed by atoms with E-state index in [2.05, 4.69) is 29.4 Å². The molecule has 2 aromatic rings. The van der Waals surface area contributed by atoms with Gasteiger partial charge in [0.25, 0.3) is 0 Å². The van der Waals surface area contributed by atoms with E-state index in [4.69, 9.17) is 0 Å². The Balaban J connectivity index is 1.78. The highest BCUT2D eigenvalue weighted by Gasteiger charge is 2.31. The number of likely N-dealkylation sites (N-methyl/N-ethyl adjacent to an activating group) is 1. The minimum absolute atomic E-state index is 0.0452. The van der Waals surface area contributed by atoms with Crippen LogP contribution in [-0.2, 0) is 9.59 Å². The number of hydrogen-bond donors (Lipinski definition) is 1. The first-order chi connectivity index (χ1) is 12.5. The third-order valence-corrected chi connectivity index (χ3v) is 5.72. The van der Waals surface area contributed by atoms with Gasteiger partial charge in [-0.1, -0.05) is 36.4 Å².